The van der Waals surface area contributed by atoms with Crippen molar-refractivity contribution < 1.29 is 22.5 Å². The summed E-state index contributed by atoms with van der Waals surface area (Å²) in [4.78, 5) is 23.4. The summed E-state index contributed by atoms with van der Waals surface area (Å²) in [7, 11) is -1.82. The predicted molar refractivity (Wildman–Crippen MR) is 107 cm³/mol. The van der Waals surface area contributed by atoms with Crippen LogP contribution in [0.4, 0.5) is 0 Å². The summed E-state index contributed by atoms with van der Waals surface area (Å²) in [6.07, 6.45) is 2.60. The molecule has 2 aliphatic rings. The number of sulfonamides is 1. The fourth-order valence-corrected chi connectivity index (χ4v) is 5.45. The second kappa shape index (κ2) is 7.62. The first-order chi connectivity index (χ1) is 14.3. The molecule has 0 radical (unpaired) electrons. The second-order valence-corrected chi connectivity index (χ2v) is 9.98. The van der Waals surface area contributed by atoms with E-state index in [0.717, 1.165) is 0 Å². The Bertz CT molecular complexity index is 1040. The third-order valence-electron chi connectivity index (χ3n) is 6.03. The number of aromatic nitrogens is 3. The summed E-state index contributed by atoms with van der Waals surface area (Å²) < 4.78 is 37.5. The van der Waals surface area contributed by atoms with Crippen LogP contribution in [-0.2, 0) is 15.4 Å². The second-order valence-electron chi connectivity index (χ2n) is 7.93. The minimum Gasteiger partial charge on any atom is -0.481 e. The summed E-state index contributed by atoms with van der Waals surface area (Å²) >= 11 is 0. The molecule has 0 spiro atoms. The lowest BCUT2D eigenvalue weighted by Gasteiger charge is -2.25. The highest BCUT2D eigenvalue weighted by Gasteiger charge is 2.58. The first-order valence-corrected chi connectivity index (χ1v) is 11.5. The van der Waals surface area contributed by atoms with Gasteiger partial charge in [0.15, 0.2) is 5.82 Å². The molecule has 2 aromatic rings. The smallest absolute Gasteiger partial charge is 0.255 e. The van der Waals surface area contributed by atoms with Gasteiger partial charge in [0, 0.05) is 31.4 Å². The van der Waals surface area contributed by atoms with Crippen molar-refractivity contribution in [2.24, 2.45) is 5.92 Å². The van der Waals surface area contributed by atoms with Crippen molar-refractivity contribution in [3.8, 4) is 5.88 Å². The van der Waals surface area contributed by atoms with Crippen molar-refractivity contribution >= 4 is 15.9 Å². The number of hydrogen-bond acceptors (Lipinski definition) is 8. The Labute approximate surface area is 175 Å². The van der Waals surface area contributed by atoms with Gasteiger partial charge < -0.3 is 14.2 Å². The summed E-state index contributed by atoms with van der Waals surface area (Å²) in [6.45, 7) is 4.22. The number of ether oxygens (including phenoxy) is 1. The lowest BCUT2D eigenvalue weighted by molar-refractivity contribution is 0.0773. The molecule has 1 amide bonds. The number of carbonyl (C=O) groups is 1. The number of methoxy groups -OCH3 is 1. The number of nitrogens with one attached hydrogen (secondary N) is 1. The highest BCUT2D eigenvalue weighted by Crippen LogP contribution is 2.50. The molecular weight excluding hydrogens is 410 g/mol. The Morgan fingerprint density at radius 1 is 1.43 bits per heavy atom. The lowest BCUT2D eigenvalue weighted by atomic mass is 9.80. The molecule has 1 aliphatic carbocycles. The van der Waals surface area contributed by atoms with Crippen LogP contribution >= 0.6 is 0 Å². The van der Waals surface area contributed by atoms with Crippen LogP contribution in [0, 0.1) is 12.8 Å². The van der Waals surface area contributed by atoms with Gasteiger partial charge in [0.1, 0.15) is 0 Å². The molecule has 11 heteroatoms. The van der Waals surface area contributed by atoms with E-state index in [2.05, 4.69) is 19.8 Å². The molecule has 3 atom stereocenters. The van der Waals surface area contributed by atoms with Crippen molar-refractivity contribution in [3.05, 3.63) is 35.6 Å². The van der Waals surface area contributed by atoms with Crippen molar-refractivity contribution in [3.63, 3.8) is 0 Å². The molecule has 1 N–H and O–H groups in total. The molecule has 1 aliphatic heterocycles. The molecule has 3 heterocycles. The standard InChI is InChI=1S/C19H25N5O5S/c1-4-30(26,27)23-15-7-14-10-24(17(25)13-5-6-16(28-3)20-9-13)11-19(14,8-15)18-21-12(2)22-29-18/h5-6,9,14-15,23H,4,7-8,10-11H2,1-3H3/t14?,15-,19+/m1/s1. The fraction of sp³-hybridized carbons (Fsp3) is 0.579. The summed E-state index contributed by atoms with van der Waals surface area (Å²) in [5.41, 5.74) is -0.103. The van der Waals surface area contributed by atoms with Gasteiger partial charge in [-0.1, -0.05) is 5.16 Å². The van der Waals surface area contributed by atoms with Crippen LogP contribution in [-0.4, -0.2) is 66.3 Å². The topological polar surface area (TPSA) is 128 Å². The molecule has 1 unspecified atom stereocenters. The SMILES string of the molecule is CCS(=O)(=O)N[C@@H]1CC2CN(C(=O)c3ccc(OC)nc3)C[C@@]2(c2nc(C)no2)C1. The van der Waals surface area contributed by atoms with Gasteiger partial charge in [-0.05, 0) is 38.7 Å². The molecule has 2 aromatic heterocycles. The minimum atomic E-state index is -3.33. The van der Waals surface area contributed by atoms with E-state index in [0.29, 0.717) is 49.1 Å². The highest BCUT2D eigenvalue weighted by atomic mass is 32.2. The number of pyridine rings is 1. The molecule has 0 bridgehead atoms. The Morgan fingerprint density at radius 2 is 2.23 bits per heavy atom. The normalized spacial score (nSPS) is 26.0. The number of rotatable bonds is 6. The van der Waals surface area contributed by atoms with E-state index in [1.165, 1.54) is 13.3 Å². The lowest BCUT2D eigenvalue weighted by Crippen LogP contribution is -2.40. The molecule has 10 nitrogen and oxygen atoms in total. The molecule has 1 saturated heterocycles. The quantitative estimate of drug-likeness (QED) is 0.709. The van der Waals surface area contributed by atoms with Gasteiger partial charge in [-0.3, -0.25) is 4.79 Å². The van der Waals surface area contributed by atoms with Gasteiger partial charge in [-0.2, -0.15) is 4.98 Å². The van der Waals surface area contributed by atoms with Crippen LogP contribution in [0.2, 0.25) is 0 Å². The van der Waals surface area contributed by atoms with Gasteiger partial charge >= 0.3 is 0 Å². The Kier molecular flexibility index (Phi) is 5.27. The fourth-order valence-electron chi connectivity index (χ4n) is 4.59. The van der Waals surface area contributed by atoms with E-state index in [1.54, 1.807) is 30.9 Å². The number of carbonyl (C=O) groups excluding carboxylic acids is 1. The zero-order valence-corrected chi connectivity index (χ0v) is 18.0. The Morgan fingerprint density at radius 3 is 2.83 bits per heavy atom. The van der Waals surface area contributed by atoms with Crippen LogP contribution in [0.1, 0.15) is 41.8 Å². The minimum absolute atomic E-state index is 0.0112. The van der Waals surface area contributed by atoms with E-state index in [-0.39, 0.29) is 23.6 Å². The van der Waals surface area contributed by atoms with Crippen LogP contribution in [0.15, 0.2) is 22.9 Å². The van der Waals surface area contributed by atoms with Crippen LogP contribution in [0.25, 0.3) is 0 Å². The van der Waals surface area contributed by atoms with E-state index < -0.39 is 15.4 Å². The molecule has 4 rings (SSSR count). The maximum atomic E-state index is 13.1. The van der Waals surface area contributed by atoms with Crippen molar-refractivity contribution in [2.75, 3.05) is 26.0 Å². The number of hydrogen-bond donors (Lipinski definition) is 1. The maximum absolute atomic E-state index is 13.1. The third kappa shape index (κ3) is 3.67. The van der Waals surface area contributed by atoms with E-state index in [4.69, 9.17) is 9.26 Å². The third-order valence-corrected chi connectivity index (χ3v) is 7.49. The zero-order chi connectivity index (χ0) is 21.5. The monoisotopic (exact) mass is 435 g/mol. The first kappa shape index (κ1) is 20.7. The average molecular weight is 436 g/mol. The Balaban J connectivity index is 1.59. The van der Waals surface area contributed by atoms with E-state index in [9.17, 15) is 13.2 Å². The average Bonchev–Trinajstić information content (AvgIpc) is 3.40. The van der Waals surface area contributed by atoms with Crippen LogP contribution in [0.5, 0.6) is 5.88 Å². The van der Waals surface area contributed by atoms with Gasteiger partial charge in [0.05, 0.1) is 23.8 Å². The number of fused-ring (bicyclic) bond motifs is 1. The first-order valence-electron chi connectivity index (χ1n) is 9.86. The van der Waals surface area contributed by atoms with Crippen LogP contribution < -0.4 is 9.46 Å². The number of amides is 1. The highest BCUT2D eigenvalue weighted by molar-refractivity contribution is 7.89. The summed E-state index contributed by atoms with van der Waals surface area (Å²) in [5, 5.41) is 3.93. The zero-order valence-electron chi connectivity index (χ0n) is 17.2. The predicted octanol–water partition coefficient (Wildman–Crippen LogP) is 0.893. The summed E-state index contributed by atoms with van der Waals surface area (Å²) in [6, 6.07) is 3.10. The molecule has 1 saturated carbocycles. The molecule has 0 aromatic carbocycles. The van der Waals surface area contributed by atoms with E-state index >= 15 is 0 Å². The van der Waals surface area contributed by atoms with Crippen molar-refractivity contribution in [2.45, 2.75) is 38.1 Å². The van der Waals surface area contributed by atoms with Gasteiger partial charge in [-0.15, -0.1) is 0 Å². The van der Waals surface area contributed by atoms with Gasteiger partial charge in [0.25, 0.3) is 5.91 Å². The van der Waals surface area contributed by atoms with Crippen molar-refractivity contribution in [1.82, 2.24) is 24.7 Å². The largest absolute Gasteiger partial charge is 0.481 e. The van der Waals surface area contributed by atoms with Crippen LogP contribution in [0.3, 0.4) is 0 Å². The number of nitrogens with zero attached hydrogens (tertiary/aromatic N) is 4. The molecule has 2 fully saturated rings. The number of likely N-dealkylation sites (tertiary alicyclic amines) is 1. The molecule has 30 heavy (non-hydrogen) atoms. The molecular formula is C19H25N5O5S. The van der Waals surface area contributed by atoms with E-state index in [1.807, 2.05) is 0 Å². The maximum Gasteiger partial charge on any atom is 0.255 e. The Hall–Kier alpha value is -2.53. The molecule has 162 valence electrons. The van der Waals surface area contributed by atoms with Crippen molar-refractivity contribution in [1.29, 1.82) is 0 Å². The van der Waals surface area contributed by atoms with Gasteiger partial charge in [0.2, 0.25) is 21.8 Å². The van der Waals surface area contributed by atoms with Gasteiger partial charge in [-0.25, -0.2) is 18.1 Å². The number of aryl methyl sites for hydroxylation is 1. The summed E-state index contributed by atoms with van der Waals surface area (Å²) in [5.74, 6) is 1.31.